The lowest BCUT2D eigenvalue weighted by atomic mass is 10.1. The molecule has 31 heavy (non-hydrogen) atoms. The summed E-state index contributed by atoms with van der Waals surface area (Å²) in [5, 5.41) is 3.91. The van der Waals surface area contributed by atoms with Crippen molar-refractivity contribution in [1.29, 1.82) is 0 Å². The van der Waals surface area contributed by atoms with Crippen molar-refractivity contribution in [2.45, 2.75) is 44.7 Å². The fourth-order valence-corrected chi connectivity index (χ4v) is 4.23. The molecule has 2 fully saturated rings. The van der Waals surface area contributed by atoms with Crippen LogP contribution in [0.15, 0.2) is 48.5 Å². The van der Waals surface area contributed by atoms with E-state index in [4.69, 9.17) is 28.6 Å². The fourth-order valence-electron chi connectivity index (χ4n) is 3.63. The lowest BCUT2D eigenvalue weighted by molar-refractivity contribution is -0.124. The number of nitrogens with one attached hydrogen (secondary N) is 1. The van der Waals surface area contributed by atoms with E-state index in [0.717, 1.165) is 25.0 Å². The molecule has 1 saturated heterocycles. The lowest BCUT2D eigenvalue weighted by Gasteiger charge is -2.23. The van der Waals surface area contributed by atoms with Gasteiger partial charge in [0, 0.05) is 16.8 Å². The third kappa shape index (κ3) is 4.83. The maximum atomic E-state index is 13.2. The zero-order valence-electron chi connectivity index (χ0n) is 17.2. The van der Waals surface area contributed by atoms with Crippen molar-refractivity contribution in [2.24, 2.45) is 0 Å². The number of carbonyl (C=O) groups excluding carboxylic acids is 2. The van der Waals surface area contributed by atoms with Gasteiger partial charge in [-0.05, 0) is 80.0 Å². The molecule has 1 aliphatic heterocycles. The first-order valence-electron chi connectivity index (χ1n) is 10.4. The van der Waals surface area contributed by atoms with E-state index in [1.54, 1.807) is 36.4 Å². The Morgan fingerprint density at radius 2 is 1.84 bits per heavy atom. The van der Waals surface area contributed by atoms with Crippen LogP contribution in [-0.2, 0) is 9.59 Å². The Labute approximate surface area is 192 Å². The SMILES string of the molecule is CCCOc1ccc(NC(=O)C[C@H]2C(=O)N(c3ccc(Cl)cc3)C(=S)N2C2CC2)cc1. The van der Waals surface area contributed by atoms with Crippen molar-refractivity contribution in [2.75, 3.05) is 16.8 Å². The van der Waals surface area contributed by atoms with Crippen molar-refractivity contribution in [3.8, 4) is 5.75 Å². The van der Waals surface area contributed by atoms with Crippen LogP contribution in [0.2, 0.25) is 5.02 Å². The molecule has 2 aliphatic rings. The van der Waals surface area contributed by atoms with E-state index in [0.29, 0.717) is 28.1 Å². The minimum atomic E-state index is -0.608. The Bertz CT molecular complexity index is 977. The van der Waals surface area contributed by atoms with Crippen LogP contribution in [0.5, 0.6) is 5.75 Å². The minimum absolute atomic E-state index is 0.0354. The first-order chi connectivity index (χ1) is 15.0. The molecule has 2 amide bonds. The maximum absolute atomic E-state index is 13.2. The molecule has 8 heteroatoms. The molecule has 0 unspecified atom stereocenters. The molecule has 6 nitrogen and oxygen atoms in total. The summed E-state index contributed by atoms with van der Waals surface area (Å²) in [7, 11) is 0. The average Bonchev–Trinajstić information content (AvgIpc) is 3.56. The zero-order chi connectivity index (χ0) is 22.0. The molecule has 4 rings (SSSR count). The summed E-state index contributed by atoms with van der Waals surface area (Å²) in [5.74, 6) is 0.347. The number of benzene rings is 2. The topological polar surface area (TPSA) is 61.9 Å². The van der Waals surface area contributed by atoms with Crippen LogP contribution < -0.4 is 15.0 Å². The van der Waals surface area contributed by atoms with Crippen LogP contribution in [-0.4, -0.2) is 40.5 Å². The number of hydrogen-bond acceptors (Lipinski definition) is 4. The van der Waals surface area contributed by atoms with Crippen molar-refractivity contribution < 1.29 is 14.3 Å². The van der Waals surface area contributed by atoms with Crippen LogP contribution in [0.4, 0.5) is 11.4 Å². The van der Waals surface area contributed by atoms with Gasteiger partial charge in [-0.15, -0.1) is 0 Å². The fraction of sp³-hybridized carbons (Fsp3) is 0.348. The van der Waals surface area contributed by atoms with Gasteiger partial charge in [0.25, 0.3) is 5.91 Å². The number of anilines is 2. The second-order valence-electron chi connectivity index (χ2n) is 7.71. The smallest absolute Gasteiger partial charge is 0.256 e. The lowest BCUT2D eigenvalue weighted by Crippen LogP contribution is -2.39. The number of halogens is 1. The van der Waals surface area contributed by atoms with Gasteiger partial charge in [-0.2, -0.15) is 0 Å². The van der Waals surface area contributed by atoms with E-state index in [1.807, 2.05) is 24.0 Å². The van der Waals surface area contributed by atoms with Crippen molar-refractivity contribution in [1.82, 2.24) is 4.90 Å². The number of thiocarbonyl (C=S) groups is 1. The van der Waals surface area contributed by atoms with Gasteiger partial charge >= 0.3 is 0 Å². The Kier molecular flexibility index (Phi) is 6.43. The van der Waals surface area contributed by atoms with E-state index in [-0.39, 0.29) is 24.3 Å². The van der Waals surface area contributed by atoms with Crippen LogP contribution in [0, 0.1) is 0 Å². The normalized spacial score (nSPS) is 18.5. The van der Waals surface area contributed by atoms with Crippen molar-refractivity contribution in [3.63, 3.8) is 0 Å². The summed E-state index contributed by atoms with van der Waals surface area (Å²) in [4.78, 5) is 29.4. The Hall–Kier alpha value is -2.64. The van der Waals surface area contributed by atoms with Gasteiger partial charge < -0.3 is 15.0 Å². The summed E-state index contributed by atoms with van der Waals surface area (Å²) in [5.41, 5.74) is 1.32. The van der Waals surface area contributed by atoms with Gasteiger partial charge in [-0.3, -0.25) is 14.5 Å². The Morgan fingerprint density at radius 3 is 2.45 bits per heavy atom. The molecule has 0 spiro atoms. The van der Waals surface area contributed by atoms with Crippen LogP contribution in [0.3, 0.4) is 0 Å². The largest absolute Gasteiger partial charge is 0.494 e. The van der Waals surface area contributed by atoms with Gasteiger partial charge in [-0.1, -0.05) is 18.5 Å². The van der Waals surface area contributed by atoms with Crippen molar-refractivity contribution in [3.05, 3.63) is 53.6 Å². The third-order valence-corrected chi connectivity index (χ3v) is 5.91. The molecule has 2 aromatic carbocycles. The third-order valence-electron chi connectivity index (χ3n) is 5.27. The number of rotatable bonds is 8. The zero-order valence-corrected chi connectivity index (χ0v) is 18.8. The van der Waals surface area contributed by atoms with Gasteiger partial charge in [0.15, 0.2) is 5.11 Å². The molecule has 1 aliphatic carbocycles. The van der Waals surface area contributed by atoms with Gasteiger partial charge in [0.05, 0.1) is 18.7 Å². The summed E-state index contributed by atoms with van der Waals surface area (Å²) in [6, 6.07) is 13.8. The average molecular weight is 458 g/mol. The number of ether oxygens (including phenoxy) is 1. The van der Waals surface area contributed by atoms with E-state index in [9.17, 15) is 9.59 Å². The number of carbonyl (C=O) groups is 2. The maximum Gasteiger partial charge on any atom is 0.256 e. The standard InChI is InChI=1S/C23H24ClN3O3S/c1-2-13-30-19-11-5-16(6-12-19)25-21(28)14-20-22(29)27(18-7-3-15(24)4-8-18)23(31)26(20)17-9-10-17/h3-8,11-12,17,20H,2,9-10,13-14H2,1H3,(H,25,28)/t20-/m0/s1. The molecular weight excluding hydrogens is 434 g/mol. The Balaban J connectivity index is 1.46. The predicted octanol–water partition coefficient (Wildman–Crippen LogP) is 4.62. The summed E-state index contributed by atoms with van der Waals surface area (Å²) < 4.78 is 5.57. The first-order valence-corrected chi connectivity index (χ1v) is 11.2. The van der Waals surface area contributed by atoms with Crippen LogP contribution >= 0.6 is 23.8 Å². The van der Waals surface area contributed by atoms with Crippen LogP contribution in [0.1, 0.15) is 32.6 Å². The molecule has 1 N–H and O–H groups in total. The van der Waals surface area contributed by atoms with E-state index < -0.39 is 6.04 Å². The summed E-state index contributed by atoms with van der Waals surface area (Å²) in [6.45, 7) is 2.69. The van der Waals surface area contributed by atoms with E-state index >= 15 is 0 Å². The van der Waals surface area contributed by atoms with Gasteiger partial charge in [-0.25, -0.2) is 0 Å². The first kappa shape index (κ1) is 21.6. The molecule has 0 bridgehead atoms. The highest BCUT2D eigenvalue weighted by Gasteiger charge is 2.49. The molecule has 2 aromatic rings. The second-order valence-corrected chi connectivity index (χ2v) is 8.51. The Morgan fingerprint density at radius 1 is 1.16 bits per heavy atom. The molecule has 0 radical (unpaired) electrons. The quantitative estimate of drug-likeness (QED) is 0.586. The second kappa shape index (κ2) is 9.24. The molecular formula is C23H24ClN3O3S. The molecule has 162 valence electrons. The number of hydrogen-bond donors (Lipinski definition) is 1. The number of amides is 2. The van der Waals surface area contributed by atoms with Gasteiger partial charge in [0.1, 0.15) is 11.8 Å². The molecule has 1 heterocycles. The van der Waals surface area contributed by atoms with Gasteiger partial charge in [0.2, 0.25) is 5.91 Å². The number of nitrogens with zero attached hydrogens (tertiary/aromatic N) is 2. The molecule has 1 saturated carbocycles. The van der Waals surface area contributed by atoms with Crippen molar-refractivity contribution >= 4 is 52.1 Å². The monoisotopic (exact) mass is 457 g/mol. The highest BCUT2D eigenvalue weighted by molar-refractivity contribution is 7.80. The predicted molar refractivity (Wildman–Crippen MR) is 126 cm³/mol. The van der Waals surface area contributed by atoms with E-state index in [1.165, 1.54) is 4.90 Å². The highest BCUT2D eigenvalue weighted by atomic mass is 35.5. The molecule has 0 aromatic heterocycles. The minimum Gasteiger partial charge on any atom is -0.494 e. The highest BCUT2D eigenvalue weighted by Crippen LogP contribution is 2.37. The summed E-state index contributed by atoms with van der Waals surface area (Å²) >= 11 is 11.6. The molecule has 1 atom stereocenters. The van der Waals surface area contributed by atoms with E-state index in [2.05, 4.69) is 5.32 Å². The van der Waals surface area contributed by atoms with Crippen LogP contribution in [0.25, 0.3) is 0 Å². The summed E-state index contributed by atoms with van der Waals surface area (Å²) in [6.07, 6.45) is 2.91.